The van der Waals surface area contributed by atoms with Crippen LogP contribution in [0, 0.1) is 0 Å². The lowest BCUT2D eigenvalue weighted by Gasteiger charge is -2.25. The number of aromatic nitrogens is 4. The van der Waals surface area contributed by atoms with Gasteiger partial charge in [0.25, 0.3) is 0 Å². The van der Waals surface area contributed by atoms with Crippen LogP contribution in [0.2, 0.25) is 0 Å². The maximum absolute atomic E-state index is 4.42. The van der Waals surface area contributed by atoms with E-state index in [1.165, 1.54) is 24.8 Å². The molecule has 1 unspecified atom stereocenters. The second-order valence-corrected chi connectivity index (χ2v) is 5.25. The summed E-state index contributed by atoms with van der Waals surface area (Å²) in [4.78, 5) is 4.08. The van der Waals surface area contributed by atoms with Crippen molar-refractivity contribution in [3.8, 4) is 0 Å². The molecule has 0 saturated carbocycles. The van der Waals surface area contributed by atoms with Crippen molar-refractivity contribution in [2.75, 3.05) is 6.54 Å². The van der Waals surface area contributed by atoms with E-state index in [-0.39, 0.29) is 6.04 Å². The van der Waals surface area contributed by atoms with Gasteiger partial charge in [-0.05, 0) is 24.1 Å². The van der Waals surface area contributed by atoms with Gasteiger partial charge >= 0.3 is 0 Å². The third kappa shape index (κ3) is 2.58. The summed E-state index contributed by atoms with van der Waals surface area (Å²) in [6.07, 6.45) is 8.38. The van der Waals surface area contributed by atoms with Crippen LogP contribution in [-0.2, 0) is 13.0 Å². The van der Waals surface area contributed by atoms with Crippen molar-refractivity contribution in [2.24, 2.45) is 0 Å². The van der Waals surface area contributed by atoms with E-state index in [2.05, 4.69) is 32.0 Å². The molecule has 0 fully saturated rings. The average molecular weight is 271 g/mol. The molecule has 20 heavy (non-hydrogen) atoms. The molecule has 0 aromatic carbocycles. The molecule has 106 valence electrons. The van der Waals surface area contributed by atoms with Crippen molar-refractivity contribution in [3.63, 3.8) is 0 Å². The summed E-state index contributed by atoms with van der Waals surface area (Å²) in [6, 6.07) is 4.22. The zero-order chi connectivity index (χ0) is 13.8. The second-order valence-electron chi connectivity index (χ2n) is 5.25. The number of aryl methyl sites for hydroxylation is 1. The highest BCUT2D eigenvalue weighted by atomic mass is 15.3. The van der Waals surface area contributed by atoms with Crippen LogP contribution < -0.4 is 5.32 Å². The van der Waals surface area contributed by atoms with Gasteiger partial charge in [-0.15, -0.1) is 10.2 Å². The Kier molecular flexibility index (Phi) is 4.06. The fraction of sp³-hybridized carbons (Fsp3) is 0.533. The molecule has 0 saturated heterocycles. The van der Waals surface area contributed by atoms with Crippen molar-refractivity contribution < 1.29 is 0 Å². The van der Waals surface area contributed by atoms with Gasteiger partial charge in [-0.1, -0.05) is 19.8 Å². The van der Waals surface area contributed by atoms with Crippen LogP contribution in [0.15, 0.2) is 24.5 Å². The van der Waals surface area contributed by atoms with Crippen LogP contribution in [0.4, 0.5) is 0 Å². The zero-order valence-electron chi connectivity index (χ0n) is 11.9. The van der Waals surface area contributed by atoms with E-state index in [1.807, 2.05) is 24.5 Å². The number of hydrogen-bond acceptors (Lipinski definition) is 4. The SMILES string of the molecule is CCCCCc1nnc2n1CCNC2c1ccncc1. The fourth-order valence-corrected chi connectivity index (χ4v) is 2.76. The molecule has 0 aliphatic carbocycles. The Hall–Kier alpha value is -1.75. The Bertz CT molecular complexity index is 549. The molecular formula is C15H21N5. The van der Waals surface area contributed by atoms with E-state index < -0.39 is 0 Å². The minimum atomic E-state index is 0.138. The van der Waals surface area contributed by atoms with Gasteiger partial charge in [0.15, 0.2) is 5.82 Å². The number of pyridine rings is 1. The Labute approximate surface area is 119 Å². The van der Waals surface area contributed by atoms with Crippen molar-refractivity contribution in [3.05, 3.63) is 41.7 Å². The summed E-state index contributed by atoms with van der Waals surface area (Å²) < 4.78 is 2.29. The average Bonchev–Trinajstić information content (AvgIpc) is 2.92. The molecular weight excluding hydrogens is 250 g/mol. The van der Waals surface area contributed by atoms with Crippen LogP contribution in [0.3, 0.4) is 0 Å². The van der Waals surface area contributed by atoms with Gasteiger partial charge in [0.05, 0.1) is 6.04 Å². The van der Waals surface area contributed by atoms with Gasteiger partial charge < -0.3 is 9.88 Å². The standard InChI is InChI=1S/C15H21N5/c1-2-3-4-5-13-18-19-15-14(17-10-11-20(13)15)12-6-8-16-9-7-12/h6-9,14,17H,2-5,10-11H2,1H3. The van der Waals surface area contributed by atoms with Crippen molar-refractivity contribution in [1.29, 1.82) is 0 Å². The highest BCUT2D eigenvalue weighted by Crippen LogP contribution is 2.24. The van der Waals surface area contributed by atoms with Crippen LogP contribution in [-0.4, -0.2) is 26.3 Å². The summed E-state index contributed by atoms with van der Waals surface area (Å²) in [7, 11) is 0. The summed E-state index contributed by atoms with van der Waals surface area (Å²) >= 11 is 0. The lowest BCUT2D eigenvalue weighted by atomic mass is 10.1. The first-order chi connectivity index (χ1) is 9.90. The van der Waals surface area contributed by atoms with E-state index in [0.717, 1.165) is 31.2 Å². The molecule has 2 aromatic heterocycles. The first-order valence-corrected chi connectivity index (χ1v) is 7.45. The Balaban J connectivity index is 1.83. The number of nitrogens with one attached hydrogen (secondary N) is 1. The van der Waals surface area contributed by atoms with Gasteiger partial charge in [0, 0.05) is 31.9 Å². The van der Waals surface area contributed by atoms with Crippen molar-refractivity contribution >= 4 is 0 Å². The Morgan fingerprint density at radius 2 is 2.10 bits per heavy atom. The molecule has 1 atom stereocenters. The van der Waals surface area contributed by atoms with E-state index in [9.17, 15) is 0 Å². The summed E-state index contributed by atoms with van der Waals surface area (Å²) in [5, 5.41) is 12.3. The van der Waals surface area contributed by atoms with Crippen molar-refractivity contribution in [2.45, 2.75) is 45.2 Å². The van der Waals surface area contributed by atoms with E-state index >= 15 is 0 Å². The van der Waals surface area contributed by atoms with Crippen LogP contribution >= 0.6 is 0 Å². The molecule has 0 bridgehead atoms. The van der Waals surface area contributed by atoms with E-state index in [0.29, 0.717) is 0 Å². The van der Waals surface area contributed by atoms with Gasteiger partial charge in [-0.3, -0.25) is 4.98 Å². The fourth-order valence-electron chi connectivity index (χ4n) is 2.76. The Morgan fingerprint density at radius 3 is 2.90 bits per heavy atom. The molecule has 5 heteroatoms. The third-order valence-electron chi connectivity index (χ3n) is 3.84. The van der Waals surface area contributed by atoms with Gasteiger partial charge in [0.2, 0.25) is 0 Å². The molecule has 2 aromatic rings. The smallest absolute Gasteiger partial charge is 0.154 e. The second kappa shape index (κ2) is 6.13. The first kappa shape index (κ1) is 13.2. The van der Waals surface area contributed by atoms with Gasteiger partial charge in [-0.25, -0.2) is 0 Å². The highest BCUT2D eigenvalue weighted by molar-refractivity contribution is 5.24. The minimum Gasteiger partial charge on any atom is -0.312 e. The van der Waals surface area contributed by atoms with Crippen LogP contribution in [0.5, 0.6) is 0 Å². The summed E-state index contributed by atoms with van der Waals surface area (Å²) in [5.74, 6) is 2.17. The maximum atomic E-state index is 4.42. The number of nitrogens with zero attached hydrogens (tertiary/aromatic N) is 4. The first-order valence-electron chi connectivity index (χ1n) is 7.45. The molecule has 0 amide bonds. The molecule has 0 spiro atoms. The largest absolute Gasteiger partial charge is 0.312 e. The molecule has 0 radical (unpaired) electrons. The number of hydrogen-bond donors (Lipinski definition) is 1. The Morgan fingerprint density at radius 1 is 1.25 bits per heavy atom. The highest BCUT2D eigenvalue weighted by Gasteiger charge is 2.25. The minimum absolute atomic E-state index is 0.138. The lowest BCUT2D eigenvalue weighted by Crippen LogP contribution is -2.35. The van der Waals surface area contributed by atoms with Gasteiger partial charge in [0.1, 0.15) is 5.82 Å². The molecule has 1 aliphatic rings. The molecule has 3 rings (SSSR count). The third-order valence-corrected chi connectivity index (χ3v) is 3.84. The monoisotopic (exact) mass is 271 g/mol. The lowest BCUT2D eigenvalue weighted by molar-refractivity contribution is 0.445. The van der Waals surface area contributed by atoms with Gasteiger partial charge in [-0.2, -0.15) is 0 Å². The molecule has 3 heterocycles. The number of rotatable bonds is 5. The predicted molar refractivity (Wildman–Crippen MR) is 77.3 cm³/mol. The summed E-state index contributed by atoms with van der Waals surface area (Å²) in [5.41, 5.74) is 1.20. The topological polar surface area (TPSA) is 55.6 Å². The maximum Gasteiger partial charge on any atom is 0.154 e. The number of unbranched alkanes of at least 4 members (excludes halogenated alkanes) is 2. The molecule has 1 N–H and O–H groups in total. The van der Waals surface area contributed by atoms with Crippen LogP contribution in [0.25, 0.3) is 0 Å². The zero-order valence-corrected chi connectivity index (χ0v) is 11.9. The molecule has 5 nitrogen and oxygen atoms in total. The van der Waals surface area contributed by atoms with Crippen LogP contribution in [0.1, 0.15) is 49.4 Å². The molecule has 1 aliphatic heterocycles. The summed E-state index contributed by atoms with van der Waals surface area (Å²) in [6.45, 7) is 4.15. The van der Waals surface area contributed by atoms with Crippen molar-refractivity contribution in [1.82, 2.24) is 25.1 Å². The predicted octanol–water partition coefficient (Wildman–Crippen LogP) is 2.10. The quantitative estimate of drug-likeness (QED) is 0.846. The normalized spacial score (nSPS) is 17.9. The number of fused-ring (bicyclic) bond motifs is 1. The van der Waals surface area contributed by atoms with E-state index in [4.69, 9.17) is 0 Å². The van der Waals surface area contributed by atoms with E-state index in [1.54, 1.807) is 0 Å².